The molecule has 1 aromatic carbocycles. The van der Waals surface area contributed by atoms with Gasteiger partial charge < -0.3 is 16.0 Å². The number of amides is 3. The molecular weight excluding hydrogens is 431 g/mol. The van der Waals surface area contributed by atoms with E-state index in [1.807, 2.05) is 18.2 Å². The molecular formula is C22H19FN6O2S. The van der Waals surface area contributed by atoms with Crippen molar-refractivity contribution in [2.24, 2.45) is 0 Å². The third-order valence-corrected chi connectivity index (χ3v) is 6.69. The molecule has 0 aliphatic carbocycles. The monoisotopic (exact) mass is 450 g/mol. The van der Waals surface area contributed by atoms with E-state index in [1.165, 1.54) is 6.20 Å². The summed E-state index contributed by atoms with van der Waals surface area (Å²) in [7, 11) is 0. The fraction of sp³-hybridized carbons (Fsp3) is 0.273. The van der Waals surface area contributed by atoms with Gasteiger partial charge in [-0.15, -0.1) is 11.3 Å². The van der Waals surface area contributed by atoms with E-state index < -0.39 is 12.2 Å². The van der Waals surface area contributed by atoms with Crippen molar-refractivity contribution in [1.29, 1.82) is 5.26 Å². The summed E-state index contributed by atoms with van der Waals surface area (Å²) < 4.78 is 13.6. The number of pyridine rings is 1. The highest BCUT2D eigenvalue weighted by molar-refractivity contribution is 7.21. The van der Waals surface area contributed by atoms with Crippen LogP contribution in [-0.4, -0.2) is 41.1 Å². The lowest BCUT2D eigenvalue weighted by Gasteiger charge is -2.28. The normalized spacial score (nSPS) is 18.0. The van der Waals surface area contributed by atoms with Gasteiger partial charge in [-0.25, -0.2) is 14.2 Å². The number of alkyl halides is 1. The zero-order chi connectivity index (χ0) is 22.2. The molecule has 1 fully saturated rings. The number of piperidine rings is 1. The van der Waals surface area contributed by atoms with Crippen LogP contribution in [0.4, 0.5) is 26.2 Å². The SMILES string of the molecule is N#Cc1cnc2sc(C(=O)Nc3ccc(CN4CCCC(F)C4)cc3)c3c2c1NC(=O)N3. The molecule has 5 rings (SSSR count). The molecule has 4 heterocycles. The number of anilines is 3. The second-order valence-corrected chi connectivity index (χ2v) is 8.85. The van der Waals surface area contributed by atoms with Crippen LogP contribution in [0.2, 0.25) is 0 Å². The molecule has 2 aliphatic rings. The summed E-state index contributed by atoms with van der Waals surface area (Å²) in [5.74, 6) is -0.376. The van der Waals surface area contributed by atoms with Gasteiger partial charge >= 0.3 is 6.03 Å². The lowest BCUT2D eigenvalue weighted by molar-refractivity contribution is 0.103. The molecule has 1 saturated heterocycles. The first-order chi connectivity index (χ1) is 15.5. The third-order valence-electron chi connectivity index (χ3n) is 5.59. The Balaban J connectivity index is 1.35. The lowest BCUT2D eigenvalue weighted by atomic mass is 10.1. The van der Waals surface area contributed by atoms with Crippen molar-refractivity contribution in [2.75, 3.05) is 29.0 Å². The number of carbonyl (C=O) groups is 2. The summed E-state index contributed by atoms with van der Waals surface area (Å²) >= 11 is 1.15. The number of benzene rings is 1. The number of hydrogen-bond acceptors (Lipinski definition) is 6. The number of nitrogens with one attached hydrogen (secondary N) is 3. The zero-order valence-corrected chi connectivity index (χ0v) is 17.8. The number of nitrogens with zero attached hydrogens (tertiary/aromatic N) is 3. The summed E-state index contributed by atoms with van der Waals surface area (Å²) in [6.45, 7) is 2.01. The van der Waals surface area contributed by atoms with Crippen LogP contribution in [0, 0.1) is 11.3 Å². The average Bonchev–Trinajstić information content (AvgIpc) is 3.15. The number of urea groups is 1. The van der Waals surface area contributed by atoms with E-state index >= 15 is 0 Å². The van der Waals surface area contributed by atoms with E-state index in [4.69, 9.17) is 0 Å². The van der Waals surface area contributed by atoms with E-state index in [0.717, 1.165) is 29.9 Å². The van der Waals surface area contributed by atoms with E-state index in [9.17, 15) is 19.2 Å². The number of likely N-dealkylation sites (tertiary alicyclic amines) is 1. The highest BCUT2D eigenvalue weighted by Crippen LogP contribution is 2.43. The molecule has 0 saturated carbocycles. The first kappa shape index (κ1) is 20.4. The minimum Gasteiger partial charge on any atom is -0.321 e. The van der Waals surface area contributed by atoms with Crippen molar-refractivity contribution in [1.82, 2.24) is 9.88 Å². The Kier molecular flexibility index (Phi) is 5.20. The molecule has 0 spiro atoms. The predicted molar refractivity (Wildman–Crippen MR) is 121 cm³/mol. The van der Waals surface area contributed by atoms with Gasteiger partial charge in [0.25, 0.3) is 5.91 Å². The number of nitriles is 1. The maximum Gasteiger partial charge on any atom is 0.323 e. The van der Waals surface area contributed by atoms with Crippen LogP contribution in [0.15, 0.2) is 30.5 Å². The van der Waals surface area contributed by atoms with Crippen LogP contribution in [0.1, 0.15) is 33.6 Å². The van der Waals surface area contributed by atoms with E-state index in [0.29, 0.717) is 51.7 Å². The second kappa shape index (κ2) is 8.18. The van der Waals surface area contributed by atoms with Gasteiger partial charge in [0.2, 0.25) is 0 Å². The maximum absolute atomic E-state index is 13.6. The van der Waals surface area contributed by atoms with Crippen LogP contribution in [0.25, 0.3) is 10.2 Å². The Bertz CT molecular complexity index is 1270. The van der Waals surface area contributed by atoms with Gasteiger partial charge in [0.05, 0.1) is 22.3 Å². The minimum absolute atomic E-state index is 0.238. The average molecular weight is 450 g/mol. The number of halogens is 1. The summed E-state index contributed by atoms with van der Waals surface area (Å²) in [6.07, 6.45) is 2.12. The minimum atomic E-state index is -0.764. The molecule has 1 atom stereocenters. The second-order valence-electron chi connectivity index (χ2n) is 7.85. The Morgan fingerprint density at radius 1 is 1.31 bits per heavy atom. The van der Waals surface area contributed by atoms with Crippen LogP contribution in [0.3, 0.4) is 0 Å². The molecule has 3 N–H and O–H groups in total. The molecule has 8 nitrogen and oxygen atoms in total. The largest absolute Gasteiger partial charge is 0.323 e. The van der Waals surface area contributed by atoms with E-state index in [-0.39, 0.29) is 11.5 Å². The lowest BCUT2D eigenvalue weighted by Crippen LogP contribution is -2.35. The van der Waals surface area contributed by atoms with Gasteiger partial charge in [0.1, 0.15) is 21.9 Å². The molecule has 0 radical (unpaired) electrons. The van der Waals surface area contributed by atoms with Gasteiger partial charge in [-0.1, -0.05) is 12.1 Å². The van der Waals surface area contributed by atoms with Crippen molar-refractivity contribution in [2.45, 2.75) is 25.6 Å². The molecule has 32 heavy (non-hydrogen) atoms. The van der Waals surface area contributed by atoms with Crippen molar-refractivity contribution in [3.63, 3.8) is 0 Å². The van der Waals surface area contributed by atoms with Crippen LogP contribution < -0.4 is 16.0 Å². The Morgan fingerprint density at radius 2 is 2.09 bits per heavy atom. The van der Waals surface area contributed by atoms with Crippen molar-refractivity contribution >= 4 is 50.6 Å². The molecule has 0 bridgehead atoms. The number of hydrogen-bond donors (Lipinski definition) is 3. The topological polar surface area (TPSA) is 110 Å². The van der Waals surface area contributed by atoms with Gasteiger partial charge in [0.15, 0.2) is 0 Å². The molecule has 3 aromatic rings. The first-order valence-corrected chi connectivity index (χ1v) is 11.0. The summed E-state index contributed by atoms with van der Waals surface area (Å²) in [5.41, 5.74) is 2.61. The zero-order valence-electron chi connectivity index (χ0n) is 16.9. The van der Waals surface area contributed by atoms with Gasteiger partial charge in [-0.05, 0) is 37.1 Å². The molecule has 162 valence electrons. The van der Waals surface area contributed by atoms with Gasteiger partial charge in [-0.2, -0.15) is 5.26 Å². The Labute approximate surface area is 187 Å². The van der Waals surface area contributed by atoms with Gasteiger partial charge in [0, 0.05) is 25.0 Å². The first-order valence-electron chi connectivity index (χ1n) is 10.2. The van der Waals surface area contributed by atoms with E-state index in [2.05, 4.69) is 25.8 Å². The highest BCUT2D eigenvalue weighted by Gasteiger charge is 2.29. The van der Waals surface area contributed by atoms with Crippen molar-refractivity contribution < 1.29 is 14.0 Å². The van der Waals surface area contributed by atoms with Crippen LogP contribution in [0.5, 0.6) is 0 Å². The fourth-order valence-electron chi connectivity index (χ4n) is 4.10. The number of carbonyl (C=O) groups excluding carboxylic acids is 2. The van der Waals surface area contributed by atoms with Gasteiger partial charge in [-0.3, -0.25) is 9.69 Å². The summed E-state index contributed by atoms with van der Waals surface area (Å²) in [4.78, 5) is 32.3. The van der Waals surface area contributed by atoms with Crippen molar-refractivity contribution in [3.05, 3.63) is 46.5 Å². The quantitative estimate of drug-likeness (QED) is 0.549. The third kappa shape index (κ3) is 3.77. The molecule has 1 unspecified atom stereocenters. The Hall–Kier alpha value is -3.55. The standard InChI is InChI=1S/C22H19FN6O2S/c23-14-2-1-7-29(11-14)10-12-3-5-15(6-4-12)26-20(30)19-18-16-17(27-22(31)28-18)13(8-24)9-25-21(16)32-19/h3-6,9,14H,1-2,7,10-11H2,(H,26,30)(H2,27,28,31). The summed E-state index contributed by atoms with van der Waals surface area (Å²) in [6, 6.07) is 8.94. The molecule has 2 aromatic heterocycles. The van der Waals surface area contributed by atoms with Crippen LogP contribution >= 0.6 is 11.3 Å². The Morgan fingerprint density at radius 3 is 2.84 bits per heavy atom. The van der Waals surface area contributed by atoms with E-state index in [1.54, 1.807) is 12.1 Å². The highest BCUT2D eigenvalue weighted by atomic mass is 32.1. The molecule has 10 heteroatoms. The predicted octanol–water partition coefficient (Wildman–Crippen LogP) is 4.31. The molecule has 2 aliphatic heterocycles. The maximum atomic E-state index is 13.6. The summed E-state index contributed by atoms with van der Waals surface area (Å²) in [5, 5.41) is 18.0. The fourth-order valence-corrected chi connectivity index (χ4v) is 5.10. The van der Waals surface area contributed by atoms with Crippen molar-refractivity contribution in [3.8, 4) is 6.07 Å². The number of thiophene rings is 1. The smallest absolute Gasteiger partial charge is 0.321 e. The molecule has 3 amide bonds. The number of rotatable bonds is 4. The van der Waals surface area contributed by atoms with Crippen LogP contribution in [-0.2, 0) is 6.54 Å². The number of aromatic nitrogens is 1.